The normalized spacial score (nSPS) is 12.8. The molecule has 0 atom stereocenters. The van der Waals surface area contributed by atoms with Crippen LogP contribution in [-0.4, -0.2) is 14.9 Å². The number of allylic oxidation sites excluding steroid dienone is 1. The molecule has 0 amide bonds. The number of hydrogen-bond acceptors (Lipinski definition) is 1. The Morgan fingerprint density at radius 3 is 2.20 bits per heavy atom. The quantitative estimate of drug-likeness (QED) is 0.451. The van der Waals surface area contributed by atoms with E-state index in [2.05, 4.69) is 38.7 Å². The molecule has 0 aliphatic carbocycles. The average Bonchev–Trinajstić information content (AvgIpc) is 1.78. The van der Waals surface area contributed by atoms with E-state index in [9.17, 15) is 0 Å². The van der Waals surface area contributed by atoms with E-state index in [-0.39, 0.29) is 0 Å². The molecule has 0 radical (unpaired) electrons. The lowest BCUT2D eigenvalue weighted by molar-refractivity contribution is 0.357. The largest absolute Gasteiger partial charge is 0.414 e. The summed E-state index contributed by atoms with van der Waals surface area (Å²) in [5.74, 6) is 0. The maximum Gasteiger partial charge on any atom is 0.184 e. The first-order chi connectivity index (χ1) is 4.56. The van der Waals surface area contributed by atoms with Crippen molar-refractivity contribution < 1.29 is 4.43 Å². The maximum absolute atomic E-state index is 5.58. The van der Waals surface area contributed by atoms with E-state index in [1.165, 1.54) is 0 Å². The molecule has 0 N–H and O–H groups in total. The highest BCUT2D eigenvalue weighted by Crippen LogP contribution is 2.01. The fourth-order valence-corrected chi connectivity index (χ4v) is 1.13. The van der Waals surface area contributed by atoms with Crippen molar-refractivity contribution in [3.8, 4) is 0 Å². The van der Waals surface area contributed by atoms with Crippen molar-refractivity contribution in [1.82, 2.24) is 0 Å². The van der Waals surface area contributed by atoms with Crippen molar-refractivity contribution in [1.29, 1.82) is 0 Å². The highest BCUT2D eigenvalue weighted by molar-refractivity contribution is 6.69. The van der Waals surface area contributed by atoms with Gasteiger partial charge in [0.15, 0.2) is 8.32 Å². The molecule has 0 saturated carbocycles. The summed E-state index contributed by atoms with van der Waals surface area (Å²) in [5.41, 5.74) is 0. The average molecular weight is 158 g/mol. The van der Waals surface area contributed by atoms with Gasteiger partial charge in [0.05, 0.1) is 6.61 Å². The zero-order valence-electron chi connectivity index (χ0n) is 7.48. The Balaban J connectivity index is 3.28. The summed E-state index contributed by atoms with van der Waals surface area (Å²) in [6.45, 7) is 9.53. The highest BCUT2D eigenvalue weighted by atomic mass is 28.4. The minimum atomic E-state index is -1.26. The second-order valence-electron chi connectivity index (χ2n) is 3.30. The summed E-state index contributed by atoms with van der Waals surface area (Å²) >= 11 is 0. The van der Waals surface area contributed by atoms with Crippen LogP contribution in [0, 0.1) is 0 Å². The Bertz CT molecular complexity index is 102. The van der Waals surface area contributed by atoms with Crippen LogP contribution in [0.25, 0.3) is 0 Å². The van der Waals surface area contributed by atoms with Gasteiger partial charge in [0, 0.05) is 0 Å². The first kappa shape index (κ1) is 9.92. The summed E-state index contributed by atoms with van der Waals surface area (Å²) in [4.78, 5) is 0. The van der Waals surface area contributed by atoms with Crippen LogP contribution in [0.1, 0.15) is 13.3 Å². The summed E-state index contributed by atoms with van der Waals surface area (Å²) in [7, 11) is -1.26. The van der Waals surface area contributed by atoms with Gasteiger partial charge in [-0.25, -0.2) is 0 Å². The van der Waals surface area contributed by atoms with Gasteiger partial charge in [-0.05, 0) is 26.1 Å². The van der Waals surface area contributed by atoms with Crippen LogP contribution >= 0.6 is 0 Å². The molecule has 0 saturated heterocycles. The molecule has 2 heteroatoms. The molecular weight excluding hydrogens is 140 g/mol. The molecule has 0 rings (SSSR count). The lowest BCUT2D eigenvalue weighted by atomic mass is 10.4. The summed E-state index contributed by atoms with van der Waals surface area (Å²) < 4.78 is 5.58. The Morgan fingerprint density at radius 1 is 1.20 bits per heavy atom. The fourth-order valence-electron chi connectivity index (χ4n) is 0.533. The fraction of sp³-hybridized carbons (Fsp3) is 0.750. The van der Waals surface area contributed by atoms with Crippen molar-refractivity contribution in [3.63, 3.8) is 0 Å². The summed E-state index contributed by atoms with van der Waals surface area (Å²) in [6, 6.07) is 0. The van der Waals surface area contributed by atoms with E-state index < -0.39 is 8.32 Å². The van der Waals surface area contributed by atoms with Crippen LogP contribution in [0.2, 0.25) is 19.6 Å². The SMILES string of the molecule is CCC=CCO[Si](C)(C)C. The number of hydrogen-bond donors (Lipinski definition) is 0. The van der Waals surface area contributed by atoms with Gasteiger partial charge in [0.25, 0.3) is 0 Å². The predicted octanol–water partition coefficient (Wildman–Crippen LogP) is 2.80. The van der Waals surface area contributed by atoms with Crippen molar-refractivity contribution in [3.05, 3.63) is 12.2 Å². The molecular formula is C8H18OSi. The van der Waals surface area contributed by atoms with Crippen LogP contribution in [0.4, 0.5) is 0 Å². The van der Waals surface area contributed by atoms with Gasteiger partial charge in [-0.1, -0.05) is 19.1 Å². The molecule has 0 aliphatic heterocycles. The van der Waals surface area contributed by atoms with Crippen LogP contribution in [0.3, 0.4) is 0 Å². The van der Waals surface area contributed by atoms with Crippen LogP contribution < -0.4 is 0 Å². The summed E-state index contributed by atoms with van der Waals surface area (Å²) in [6.07, 6.45) is 5.34. The molecule has 0 aliphatic rings. The van der Waals surface area contributed by atoms with E-state index in [1.807, 2.05) is 0 Å². The van der Waals surface area contributed by atoms with Crippen LogP contribution in [0.15, 0.2) is 12.2 Å². The Hall–Kier alpha value is -0.0831. The topological polar surface area (TPSA) is 9.23 Å². The summed E-state index contributed by atoms with van der Waals surface area (Å²) in [5, 5.41) is 0. The standard InChI is InChI=1S/C8H18OSi/c1-5-6-7-8-9-10(2,3)4/h6-7H,5,8H2,1-4H3. The Morgan fingerprint density at radius 2 is 1.80 bits per heavy atom. The van der Waals surface area contributed by atoms with Gasteiger partial charge in [-0.3, -0.25) is 0 Å². The first-order valence-corrected chi connectivity index (χ1v) is 7.26. The van der Waals surface area contributed by atoms with E-state index in [4.69, 9.17) is 4.43 Å². The van der Waals surface area contributed by atoms with Gasteiger partial charge in [0.1, 0.15) is 0 Å². The Kier molecular flexibility index (Phi) is 4.65. The zero-order valence-corrected chi connectivity index (χ0v) is 8.48. The molecule has 0 heterocycles. The molecule has 0 bridgehead atoms. The molecule has 10 heavy (non-hydrogen) atoms. The molecule has 1 nitrogen and oxygen atoms in total. The van der Waals surface area contributed by atoms with Gasteiger partial charge >= 0.3 is 0 Å². The molecule has 0 spiro atoms. The second kappa shape index (κ2) is 4.69. The third kappa shape index (κ3) is 7.92. The monoisotopic (exact) mass is 158 g/mol. The third-order valence-corrected chi connectivity index (χ3v) is 2.05. The molecule has 0 aromatic carbocycles. The lowest BCUT2D eigenvalue weighted by Crippen LogP contribution is -2.25. The van der Waals surface area contributed by atoms with Gasteiger partial charge < -0.3 is 4.43 Å². The van der Waals surface area contributed by atoms with Gasteiger partial charge in [-0.15, -0.1) is 0 Å². The van der Waals surface area contributed by atoms with Gasteiger partial charge in [-0.2, -0.15) is 0 Å². The number of rotatable bonds is 4. The predicted molar refractivity (Wildman–Crippen MR) is 48.7 cm³/mol. The molecule has 0 unspecified atom stereocenters. The minimum Gasteiger partial charge on any atom is -0.414 e. The van der Waals surface area contributed by atoms with Crippen molar-refractivity contribution in [2.45, 2.75) is 33.0 Å². The zero-order chi connectivity index (χ0) is 8.04. The van der Waals surface area contributed by atoms with Crippen molar-refractivity contribution >= 4 is 8.32 Å². The van der Waals surface area contributed by atoms with E-state index in [0.29, 0.717) is 0 Å². The van der Waals surface area contributed by atoms with E-state index >= 15 is 0 Å². The molecule has 60 valence electrons. The van der Waals surface area contributed by atoms with Gasteiger partial charge in [0.2, 0.25) is 0 Å². The van der Waals surface area contributed by atoms with Crippen LogP contribution in [-0.2, 0) is 4.43 Å². The molecule has 0 aromatic heterocycles. The van der Waals surface area contributed by atoms with Crippen LogP contribution in [0.5, 0.6) is 0 Å². The molecule has 0 aromatic rings. The highest BCUT2D eigenvalue weighted by Gasteiger charge is 2.11. The maximum atomic E-state index is 5.58. The van der Waals surface area contributed by atoms with Crippen molar-refractivity contribution in [2.75, 3.05) is 6.61 Å². The lowest BCUT2D eigenvalue weighted by Gasteiger charge is -2.14. The Labute approximate surface area is 65.2 Å². The van der Waals surface area contributed by atoms with E-state index in [1.54, 1.807) is 0 Å². The first-order valence-electron chi connectivity index (χ1n) is 3.85. The smallest absolute Gasteiger partial charge is 0.184 e. The van der Waals surface area contributed by atoms with Crippen molar-refractivity contribution in [2.24, 2.45) is 0 Å². The second-order valence-corrected chi connectivity index (χ2v) is 7.82. The third-order valence-electron chi connectivity index (χ3n) is 1.01. The molecule has 0 fully saturated rings. The van der Waals surface area contributed by atoms with E-state index in [0.717, 1.165) is 13.0 Å². The minimum absolute atomic E-state index is 0.795.